The van der Waals surface area contributed by atoms with Crippen LogP contribution in [-0.2, 0) is 28.3 Å². The predicted octanol–water partition coefficient (Wildman–Crippen LogP) is 3.81. The summed E-state index contributed by atoms with van der Waals surface area (Å²) >= 11 is 0. The first-order valence-corrected chi connectivity index (χ1v) is 14.2. The van der Waals surface area contributed by atoms with Gasteiger partial charge in [-0.2, -0.15) is 0 Å². The highest BCUT2D eigenvalue weighted by Crippen LogP contribution is 2.41. The maximum atomic E-state index is 14.5. The molecule has 0 bridgehead atoms. The molecule has 0 spiro atoms. The Morgan fingerprint density at radius 2 is 1.83 bits per heavy atom. The van der Waals surface area contributed by atoms with Crippen molar-refractivity contribution in [1.82, 2.24) is 14.0 Å². The molecule has 1 aliphatic carbocycles. The zero-order chi connectivity index (χ0) is 28.8. The number of fused-ring (bicyclic) bond motifs is 5. The van der Waals surface area contributed by atoms with E-state index in [1.165, 1.54) is 22.8 Å². The van der Waals surface area contributed by atoms with E-state index in [9.17, 15) is 32.7 Å². The number of benzene rings is 1. The fraction of sp³-hybridized carbons (Fsp3) is 0.500. The first-order valence-electron chi connectivity index (χ1n) is 14.2. The minimum atomic E-state index is -2.62. The van der Waals surface area contributed by atoms with E-state index in [0.717, 1.165) is 0 Å². The van der Waals surface area contributed by atoms with E-state index >= 15 is 0 Å². The van der Waals surface area contributed by atoms with E-state index < -0.39 is 34.3 Å². The first-order chi connectivity index (χ1) is 19.5. The molecule has 2 aromatic heterocycles. The summed E-state index contributed by atoms with van der Waals surface area (Å²) in [7, 11) is 0. The highest BCUT2D eigenvalue weighted by Gasteiger charge is 2.46. The quantitative estimate of drug-likeness (QED) is 0.378. The van der Waals surface area contributed by atoms with Gasteiger partial charge in [0.25, 0.3) is 5.56 Å². The Hall–Kier alpha value is -3.44. The summed E-state index contributed by atoms with van der Waals surface area (Å²) in [4.78, 5) is 42.4. The molecule has 1 saturated heterocycles. The number of nitrogens with zero attached hydrogens (tertiary/aromatic N) is 3. The molecule has 1 saturated carbocycles. The van der Waals surface area contributed by atoms with Gasteiger partial charge in [0, 0.05) is 49.0 Å². The van der Waals surface area contributed by atoms with Crippen molar-refractivity contribution < 1.29 is 27.8 Å². The lowest BCUT2D eigenvalue weighted by Gasteiger charge is -2.34. The van der Waals surface area contributed by atoms with Gasteiger partial charge in [0.05, 0.1) is 34.6 Å². The van der Waals surface area contributed by atoms with E-state index in [2.05, 4.69) is 4.90 Å². The number of alkyl halides is 2. The van der Waals surface area contributed by atoms with Gasteiger partial charge in [-0.3, -0.25) is 14.5 Å². The van der Waals surface area contributed by atoms with Crippen LogP contribution < -0.4 is 11.0 Å². The smallest absolute Gasteiger partial charge is 0.343 e. The number of pyridine rings is 2. The van der Waals surface area contributed by atoms with E-state index in [-0.39, 0.29) is 72.3 Å². The van der Waals surface area contributed by atoms with Gasteiger partial charge < -0.3 is 19.0 Å². The van der Waals surface area contributed by atoms with Crippen LogP contribution in [0, 0.1) is 5.82 Å². The molecule has 4 aliphatic rings. The standard InChI is InChI=1S/C30H30F3N3O5/c1-2-30(40)21-12-23-25-24(14-35(23)27(38)20(21)15-41-28(30)39)36(22-4-3-16(31)11-19(22)26(25)37)18-7-10-34(13-18)17-5-8-29(32,33)9-6-17/h3-4,11-12,17-18,40H,2,5-10,13-15H2,1H3/t18-,30+/m1/s1. The Morgan fingerprint density at radius 3 is 2.56 bits per heavy atom. The van der Waals surface area contributed by atoms with Crippen LogP contribution in [0.15, 0.2) is 33.9 Å². The van der Waals surface area contributed by atoms with Gasteiger partial charge in [-0.25, -0.2) is 18.0 Å². The van der Waals surface area contributed by atoms with Crippen molar-refractivity contribution in [3.8, 4) is 11.3 Å². The Labute approximate surface area is 232 Å². The van der Waals surface area contributed by atoms with E-state index in [0.29, 0.717) is 43.6 Å². The molecular formula is C30H30F3N3O5. The molecule has 3 aromatic rings. The summed E-state index contributed by atoms with van der Waals surface area (Å²) in [6, 6.07) is 5.53. The van der Waals surface area contributed by atoms with Crippen molar-refractivity contribution in [2.75, 3.05) is 13.1 Å². The van der Waals surface area contributed by atoms with Crippen LogP contribution in [0.3, 0.4) is 0 Å². The number of hydrogen-bond donors (Lipinski definition) is 1. The molecule has 1 aromatic carbocycles. The molecule has 8 nitrogen and oxygen atoms in total. The summed E-state index contributed by atoms with van der Waals surface area (Å²) in [6.07, 6.45) is 1.26. The summed E-state index contributed by atoms with van der Waals surface area (Å²) in [5, 5.41) is 11.4. The minimum absolute atomic E-state index is 0.0211. The number of hydrogen-bond acceptors (Lipinski definition) is 6. The molecule has 216 valence electrons. The number of aromatic nitrogens is 2. The van der Waals surface area contributed by atoms with Crippen LogP contribution in [0.4, 0.5) is 13.2 Å². The van der Waals surface area contributed by atoms with Gasteiger partial charge in [0.15, 0.2) is 11.0 Å². The van der Waals surface area contributed by atoms with Crippen LogP contribution in [0.5, 0.6) is 0 Å². The zero-order valence-electron chi connectivity index (χ0n) is 22.6. The van der Waals surface area contributed by atoms with Crippen LogP contribution in [0.25, 0.3) is 22.2 Å². The molecule has 2 atom stereocenters. The van der Waals surface area contributed by atoms with Crippen LogP contribution >= 0.6 is 0 Å². The number of carbonyl (C=O) groups is 1. The second-order valence-electron chi connectivity index (χ2n) is 11.8. The average molecular weight is 570 g/mol. The average Bonchev–Trinajstić information content (AvgIpc) is 3.58. The Bertz CT molecular complexity index is 1740. The Kier molecular flexibility index (Phi) is 5.83. The van der Waals surface area contributed by atoms with Crippen molar-refractivity contribution in [1.29, 1.82) is 0 Å². The van der Waals surface area contributed by atoms with Gasteiger partial charge >= 0.3 is 5.97 Å². The molecular weight excluding hydrogens is 539 g/mol. The monoisotopic (exact) mass is 569 g/mol. The number of cyclic esters (lactones) is 1. The second kappa shape index (κ2) is 9.03. The van der Waals surface area contributed by atoms with Gasteiger partial charge in [-0.15, -0.1) is 0 Å². The van der Waals surface area contributed by atoms with Crippen LogP contribution in [0.2, 0.25) is 0 Å². The Balaban J connectivity index is 1.38. The third-order valence-electron chi connectivity index (χ3n) is 9.64. The number of rotatable bonds is 3. The number of likely N-dealkylation sites (tertiary alicyclic amines) is 1. The molecule has 0 unspecified atom stereocenters. The summed E-state index contributed by atoms with van der Waals surface area (Å²) in [5.41, 5.74) is -0.932. The number of aliphatic hydroxyl groups is 1. The number of halogens is 3. The third kappa shape index (κ3) is 3.85. The van der Waals surface area contributed by atoms with Crippen molar-refractivity contribution in [3.63, 3.8) is 0 Å². The predicted molar refractivity (Wildman–Crippen MR) is 143 cm³/mol. The number of esters is 1. The molecule has 0 radical (unpaired) electrons. The maximum absolute atomic E-state index is 14.5. The van der Waals surface area contributed by atoms with Crippen molar-refractivity contribution in [2.24, 2.45) is 0 Å². The van der Waals surface area contributed by atoms with Crippen LogP contribution in [0.1, 0.15) is 68.3 Å². The highest BCUT2D eigenvalue weighted by molar-refractivity contribution is 5.88. The lowest BCUT2D eigenvalue weighted by molar-refractivity contribution is -0.172. The van der Waals surface area contributed by atoms with Gasteiger partial charge in [-0.1, -0.05) is 6.92 Å². The van der Waals surface area contributed by atoms with Crippen molar-refractivity contribution >= 4 is 16.9 Å². The normalized spacial score (nSPS) is 25.7. The summed E-state index contributed by atoms with van der Waals surface area (Å²) < 4.78 is 50.7. The minimum Gasteiger partial charge on any atom is -0.458 e. The van der Waals surface area contributed by atoms with E-state index in [1.807, 2.05) is 4.57 Å². The SMILES string of the molecule is CC[C@@]1(O)C(=O)OCc2c1cc1n(c2=O)Cc2c-1c(=O)c1cc(F)ccc1n2[C@@H]1CCN(C2CCC(F)(F)CC2)C1. The molecule has 11 heteroatoms. The van der Waals surface area contributed by atoms with Crippen molar-refractivity contribution in [3.05, 3.63) is 67.5 Å². The molecule has 3 aliphatic heterocycles. The molecule has 0 amide bonds. The largest absolute Gasteiger partial charge is 0.458 e. The van der Waals surface area contributed by atoms with Gasteiger partial charge in [-0.05, 0) is 49.9 Å². The zero-order valence-corrected chi connectivity index (χ0v) is 22.6. The highest BCUT2D eigenvalue weighted by atomic mass is 19.3. The number of carbonyl (C=O) groups excluding carboxylic acids is 1. The lowest BCUT2D eigenvalue weighted by atomic mass is 9.85. The fourth-order valence-electron chi connectivity index (χ4n) is 7.38. The molecule has 1 N–H and O–H groups in total. The number of ether oxygens (including phenoxy) is 1. The maximum Gasteiger partial charge on any atom is 0.343 e. The van der Waals surface area contributed by atoms with E-state index in [1.54, 1.807) is 13.0 Å². The summed E-state index contributed by atoms with van der Waals surface area (Å²) in [5.74, 6) is -4.03. The topological polar surface area (TPSA) is 93.8 Å². The lowest BCUT2D eigenvalue weighted by Crippen LogP contribution is -2.44. The first kappa shape index (κ1) is 26.5. The van der Waals surface area contributed by atoms with Crippen molar-refractivity contribution in [2.45, 2.75) is 82.2 Å². The van der Waals surface area contributed by atoms with E-state index in [4.69, 9.17) is 4.74 Å². The summed E-state index contributed by atoms with van der Waals surface area (Å²) in [6.45, 7) is 2.70. The Morgan fingerprint density at radius 1 is 1.07 bits per heavy atom. The molecule has 2 fully saturated rings. The second-order valence-corrected chi connectivity index (χ2v) is 11.8. The van der Waals surface area contributed by atoms with Crippen LogP contribution in [-0.4, -0.2) is 50.2 Å². The molecule has 41 heavy (non-hydrogen) atoms. The molecule has 5 heterocycles. The molecule has 7 rings (SSSR count). The third-order valence-corrected chi connectivity index (χ3v) is 9.64. The van der Waals surface area contributed by atoms with Gasteiger partial charge in [0.1, 0.15) is 12.4 Å². The fourth-order valence-corrected chi connectivity index (χ4v) is 7.38. The van der Waals surface area contributed by atoms with Gasteiger partial charge in [0.2, 0.25) is 5.92 Å².